The predicted octanol–water partition coefficient (Wildman–Crippen LogP) is 3.35. The molecule has 0 aliphatic rings. The van der Waals surface area contributed by atoms with Crippen molar-refractivity contribution in [3.05, 3.63) is 47.5 Å². The molecule has 2 N–H and O–H groups in total. The third-order valence-electron chi connectivity index (χ3n) is 1.93. The maximum absolute atomic E-state index is 13.2. The molecule has 1 nitrogen and oxygen atoms in total. The highest BCUT2D eigenvalue weighted by Gasteiger charge is 2.12. The standard InChI is InChI=1S/C11H13F2N.ClH/c1-7(2)5-11(14)9-6-8(12)3-4-10(9)13;/h3-4,6,11H,1,5,14H2,2H3;1H/t11-;/m1./s1. The van der Waals surface area contributed by atoms with Crippen molar-refractivity contribution in [3.8, 4) is 0 Å². The van der Waals surface area contributed by atoms with Gasteiger partial charge in [0.1, 0.15) is 11.6 Å². The van der Waals surface area contributed by atoms with Gasteiger partial charge in [-0.15, -0.1) is 19.0 Å². The number of halogens is 3. The molecule has 0 amide bonds. The molecule has 0 saturated heterocycles. The topological polar surface area (TPSA) is 26.0 Å². The van der Waals surface area contributed by atoms with Gasteiger partial charge >= 0.3 is 0 Å². The fraction of sp³-hybridized carbons (Fsp3) is 0.273. The molecule has 0 aliphatic carbocycles. The first-order valence-corrected chi connectivity index (χ1v) is 4.35. The van der Waals surface area contributed by atoms with Gasteiger partial charge < -0.3 is 5.73 Å². The summed E-state index contributed by atoms with van der Waals surface area (Å²) in [6, 6.07) is 2.77. The molecule has 1 rings (SSSR count). The highest BCUT2D eigenvalue weighted by Crippen LogP contribution is 2.21. The van der Waals surface area contributed by atoms with Crippen LogP contribution in [0, 0.1) is 11.6 Å². The quantitative estimate of drug-likeness (QED) is 0.796. The summed E-state index contributed by atoms with van der Waals surface area (Å²) in [5.74, 6) is -0.946. The molecule has 15 heavy (non-hydrogen) atoms. The van der Waals surface area contributed by atoms with E-state index >= 15 is 0 Å². The van der Waals surface area contributed by atoms with Gasteiger partial charge in [0.2, 0.25) is 0 Å². The third kappa shape index (κ3) is 3.98. The van der Waals surface area contributed by atoms with E-state index in [2.05, 4.69) is 6.58 Å². The van der Waals surface area contributed by atoms with Crippen LogP contribution in [0.5, 0.6) is 0 Å². The van der Waals surface area contributed by atoms with Crippen LogP contribution in [0.15, 0.2) is 30.4 Å². The van der Waals surface area contributed by atoms with Crippen LogP contribution < -0.4 is 5.73 Å². The van der Waals surface area contributed by atoms with Crippen LogP contribution in [0.4, 0.5) is 8.78 Å². The Morgan fingerprint density at radius 2 is 2.07 bits per heavy atom. The van der Waals surface area contributed by atoms with Crippen LogP contribution in [0.1, 0.15) is 24.9 Å². The molecule has 0 aliphatic heterocycles. The summed E-state index contributed by atoms with van der Waals surface area (Å²) in [6.07, 6.45) is 0.459. The van der Waals surface area contributed by atoms with E-state index in [1.165, 1.54) is 0 Å². The summed E-state index contributed by atoms with van der Waals surface area (Å²) in [5.41, 5.74) is 6.75. The van der Waals surface area contributed by atoms with E-state index in [4.69, 9.17) is 5.73 Å². The summed E-state index contributed by atoms with van der Waals surface area (Å²) in [7, 11) is 0. The Balaban J connectivity index is 0.00000196. The predicted molar refractivity (Wildman–Crippen MR) is 60.0 cm³/mol. The molecular weight excluding hydrogens is 220 g/mol. The van der Waals surface area contributed by atoms with Crippen LogP contribution in [-0.4, -0.2) is 0 Å². The monoisotopic (exact) mass is 233 g/mol. The van der Waals surface area contributed by atoms with Crippen molar-refractivity contribution in [3.63, 3.8) is 0 Å². The van der Waals surface area contributed by atoms with Gasteiger partial charge in [-0.3, -0.25) is 0 Å². The second-order valence-corrected chi connectivity index (χ2v) is 3.43. The number of hydrogen-bond acceptors (Lipinski definition) is 1. The molecule has 0 aromatic heterocycles. The van der Waals surface area contributed by atoms with Crippen molar-refractivity contribution >= 4 is 12.4 Å². The van der Waals surface area contributed by atoms with E-state index in [9.17, 15) is 8.78 Å². The van der Waals surface area contributed by atoms with Crippen LogP contribution in [-0.2, 0) is 0 Å². The van der Waals surface area contributed by atoms with E-state index in [1.54, 1.807) is 6.92 Å². The second kappa shape index (κ2) is 5.83. The molecule has 4 heteroatoms. The molecule has 1 aromatic rings. The highest BCUT2D eigenvalue weighted by molar-refractivity contribution is 5.85. The molecule has 0 radical (unpaired) electrons. The summed E-state index contributed by atoms with van der Waals surface area (Å²) in [5, 5.41) is 0. The molecule has 84 valence electrons. The average Bonchev–Trinajstić information content (AvgIpc) is 2.08. The van der Waals surface area contributed by atoms with Gasteiger partial charge in [-0.05, 0) is 31.5 Å². The van der Waals surface area contributed by atoms with E-state index < -0.39 is 17.7 Å². The highest BCUT2D eigenvalue weighted by atomic mass is 35.5. The molecular formula is C11H14ClF2N. The Morgan fingerprint density at radius 1 is 1.47 bits per heavy atom. The van der Waals surface area contributed by atoms with Crippen molar-refractivity contribution in [1.29, 1.82) is 0 Å². The SMILES string of the molecule is C=C(C)C[C@@H](N)c1cc(F)ccc1F.Cl. The summed E-state index contributed by atoms with van der Waals surface area (Å²) in [4.78, 5) is 0. The smallest absolute Gasteiger partial charge is 0.128 e. The number of benzene rings is 1. The van der Waals surface area contributed by atoms with Gasteiger partial charge in [-0.2, -0.15) is 0 Å². The van der Waals surface area contributed by atoms with Crippen molar-refractivity contribution in [2.45, 2.75) is 19.4 Å². The van der Waals surface area contributed by atoms with Gasteiger partial charge in [-0.25, -0.2) is 8.78 Å². The minimum atomic E-state index is -0.525. The third-order valence-corrected chi connectivity index (χ3v) is 1.93. The lowest BCUT2D eigenvalue weighted by Crippen LogP contribution is -2.12. The Morgan fingerprint density at radius 3 is 2.60 bits per heavy atom. The van der Waals surface area contributed by atoms with Gasteiger partial charge in [0.25, 0.3) is 0 Å². The van der Waals surface area contributed by atoms with E-state index in [-0.39, 0.29) is 18.0 Å². The minimum Gasteiger partial charge on any atom is -0.324 e. The minimum absolute atomic E-state index is 0. The molecule has 0 heterocycles. The molecule has 0 unspecified atom stereocenters. The molecule has 0 fully saturated rings. The first-order valence-electron chi connectivity index (χ1n) is 4.35. The maximum Gasteiger partial charge on any atom is 0.128 e. The summed E-state index contributed by atoms with van der Waals surface area (Å²) in [6.45, 7) is 5.48. The maximum atomic E-state index is 13.2. The summed E-state index contributed by atoms with van der Waals surface area (Å²) >= 11 is 0. The lowest BCUT2D eigenvalue weighted by molar-refractivity contribution is 0.560. The number of nitrogens with two attached hydrogens (primary N) is 1. The lowest BCUT2D eigenvalue weighted by Gasteiger charge is -2.12. The lowest BCUT2D eigenvalue weighted by atomic mass is 10.0. The summed E-state index contributed by atoms with van der Waals surface area (Å²) < 4.78 is 26.0. The van der Waals surface area contributed by atoms with Gasteiger partial charge in [0, 0.05) is 11.6 Å². The molecule has 0 spiro atoms. The second-order valence-electron chi connectivity index (χ2n) is 3.43. The zero-order chi connectivity index (χ0) is 10.7. The van der Waals surface area contributed by atoms with Crippen molar-refractivity contribution < 1.29 is 8.78 Å². The van der Waals surface area contributed by atoms with E-state index in [1.807, 2.05) is 0 Å². The largest absolute Gasteiger partial charge is 0.324 e. The fourth-order valence-electron chi connectivity index (χ4n) is 1.28. The van der Waals surface area contributed by atoms with Gasteiger partial charge in [0.05, 0.1) is 0 Å². The molecule has 0 bridgehead atoms. The average molecular weight is 234 g/mol. The van der Waals surface area contributed by atoms with Gasteiger partial charge in [-0.1, -0.05) is 5.57 Å². The van der Waals surface area contributed by atoms with Crippen molar-refractivity contribution in [1.82, 2.24) is 0 Å². The normalized spacial score (nSPS) is 11.7. The Labute approximate surface area is 94.4 Å². The van der Waals surface area contributed by atoms with Crippen molar-refractivity contribution in [2.24, 2.45) is 5.73 Å². The van der Waals surface area contributed by atoms with Crippen LogP contribution >= 0.6 is 12.4 Å². The van der Waals surface area contributed by atoms with Crippen LogP contribution in [0.3, 0.4) is 0 Å². The van der Waals surface area contributed by atoms with E-state index in [0.717, 1.165) is 23.8 Å². The molecule has 1 aromatic carbocycles. The Kier molecular flexibility index (Phi) is 5.47. The number of rotatable bonds is 3. The molecule has 1 atom stereocenters. The van der Waals surface area contributed by atoms with Crippen LogP contribution in [0.25, 0.3) is 0 Å². The zero-order valence-electron chi connectivity index (χ0n) is 8.47. The molecule has 0 saturated carbocycles. The van der Waals surface area contributed by atoms with Crippen LogP contribution in [0.2, 0.25) is 0 Å². The Bertz CT molecular complexity index is 352. The van der Waals surface area contributed by atoms with Gasteiger partial charge in [0.15, 0.2) is 0 Å². The van der Waals surface area contributed by atoms with E-state index in [0.29, 0.717) is 6.42 Å². The zero-order valence-corrected chi connectivity index (χ0v) is 9.28. The Hall–Kier alpha value is -0.930. The first-order chi connectivity index (χ1) is 6.50. The first kappa shape index (κ1) is 14.1. The number of hydrogen-bond donors (Lipinski definition) is 1. The van der Waals surface area contributed by atoms with Crippen molar-refractivity contribution in [2.75, 3.05) is 0 Å². The fourth-order valence-corrected chi connectivity index (χ4v) is 1.28.